The van der Waals surface area contributed by atoms with Crippen LogP contribution < -0.4 is 0 Å². The summed E-state index contributed by atoms with van der Waals surface area (Å²) in [5.74, 6) is 0.275. The molecule has 2 aromatic carbocycles. The Labute approximate surface area is 163 Å². The van der Waals surface area contributed by atoms with E-state index in [4.69, 9.17) is 0 Å². The summed E-state index contributed by atoms with van der Waals surface area (Å²) < 4.78 is 0. The first-order valence-corrected chi connectivity index (χ1v) is 10.4. The summed E-state index contributed by atoms with van der Waals surface area (Å²) >= 11 is 0. The highest BCUT2D eigenvalue weighted by Crippen LogP contribution is 2.31. The van der Waals surface area contributed by atoms with Crippen molar-refractivity contribution in [1.29, 1.82) is 0 Å². The van der Waals surface area contributed by atoms with E-state index in [1.807, 2.05) is 18.2 Å². The predicted molar refractivity (Wildman–Crippen MR) is 110 cm³/mol. The molecule has 2 aliphatic rings. The van der Waals surface area contributed by atoms with Crippen molar-refractivity contribution >= 4 is 5.91 Å². The van der Waals surface area contributed by atoms with Gasteiger partial charge in [-0.15, -0.1) is 0 Å². The Kier molecular flexibility index (Phi) is 5.58. The van der Waals surface area contributed by atoms with E-state index in [-0.39, 0.29) is 12.0 Å². The molecule has 0 bridgehead atoms. The summed E-state index contributed by atoms with van der Waals surface area (Å²) in [6.07, 6.45) is 4.45. The predicted octanol–water partition coefficient (Wildman–Crippen LogP) is 4.10. The average molecular weight is 363 g/mol. The van der Waals surface area contributed by atoms with Gasteiger partial charge in [-0.05, 0) is 36.8 Å². The van der Waals surface area contributed by atoms with E-state index in [1.165, 1.54) is 18.4 Å². The van der Waals surface area contributed by atoms with E-state index < -0.39 is 0 Å². The molecule has 0 aromatic heterocycles. The Morgan fingerprint density at radius 1 is 1.00 bits per heavy atom. The number of piperazine rings is 1. The highest BCUT2D eigenvalue weighted by atomic mass is 16.2. The number of benzene rings is 2. The van der Waals surface area contributed by atoms with Crippen molar-refractivity contribution in [3.8, 4) is 0 Å². The molecule has 4 rings (SSSR count). The first-order chi connectivity index (χ1) is 13.3. The van der Waals surface area contributed by atoms with Crippen molar-refractivity contribution in [3.05, 3.63) is 71.8 Å². The molecule has 1 heterocycles. The summed E-state index contributed by atoms with van der Waals surface area (Å²) in [5.41, 5.74) is 2.47. The van der Waals surface area contributed by atoms with Crippen LogP contribution in [0.15, 0.2) is 60.7 Å². The van der Waals surface area contributed by atoms with Gasteiger partial charge in [0, 0.05) is 31.7 Å². The molecule has 2 unspecified atom stereocenters. The summed E-state index contributed by atoms with van der Waals surface area (Å²) in [4.78, 5) is 18.3. The van der Waals surface area contributed by atoms with Gasteiger partial charge in [-0.1, -0.05) is 67.6 Å². The van der Waals surface area contributed by atoms with Crippen LogP contribution in [-0.4, -0.2) is 47.4 Å². The molecule has 1 saturated carbocycles. The zero-order valence-electron chi connectivity index (χ0n) is 16.3. The lowest BCUT2D eigenvalue weighted by molar-refractivity contribution is -0.138. The van der Waals surface area contributed by atoms with E-state index in [0.29, 0.717) is 5.91 Å². The van der Waals surface area contributed by atoms with Gasteiger partial charge in [0.05, 0.1) is 5.92 Å². The molecule has 2 fully saturated rings. The Bertz CT molecular complexity index is 741. The van der Waals surface area contributed by atoms with Crippen molar-refractivity contribution < 1.29 is 4.79 Å². The van der Waals surface area contributed by atoms with Crippen LogP contribution in [0, 0.1) is 0 Å². The lowest BCUT2D eigenvalue weighted by atomic mass is 9.92. The molecule has 27 heavy (non-hydrogen) atoms. The molecular formula is C24H30N2O. The third-order valence-electron chi connectivity index (χ3n) is 6.08. The van der Waals surface area contributed by atoms with E-state index in [9.17, 15) is 4.79 Å². The van der Waals surface area contributed by atoms with Crippen LogP contribution in [0.5, 0.6) is 0 Å². The van der Waals surface area contributed by atoms with Gasteiger partial charge in [0.25, 0.3) is 0 Å². The van der Waals surface area contributed by atoms with Gasteiger partial charge in [0.1, 0.15) is 0 Å². The molecule has 0 N–H and O–H groups in total. The van der Waals surface area contributed by atoms with Gasteiger partial charge in [-0.3, -0.25) is 9.69 Å². The first-order valence-electron chi connectivity index (χ1n) is 10.4. The SMILES string of the molecule is CCC(C(=O)N1CCN(C2CC2)CC1Cc1ccccc1)c1ccccc1. The van der Waals surface area contributed by atoms with Gasteiger partial charge in [-0.25, -0.2) is 0 Å². The smallest absolute Gasteiger partial charge is 0.230 e. The molecule has 3 nitrogen and oxygen atoms in total. The van der Waals surface area contributed by atoms with Crippen LogP contribution in [0.2, 0.25) is 0 Å². The maximum absolute atomic E-state index is 13.5. The number of rotatable bonds is 6. The van der Waals surface area contributed by atoms with Crippen molar-refractivity contribution in [2.45, 2.75) is 50.6 Å². The fourth-order valence-corrected chi connectivity index (χ4v) is 4.44. The Morgan fingerprint density at radius 3 is 2.30 bits per heavy atom. The fourth-order valence-electron chi connectivity index (χ4n) is 4.44. The number of carbonyl (C=O) groups excluding carboxylic acids is 1. The van der Waals surface area contributed by atoms with E-state index >= 15 is 0 Å². The van der Waals surface area contributed by atoms with Crippen LogP contribution in [0.4, 0.5) is 0 Å². The summed E-state index contributed by atoms with van der Waals surface area (Å²) in [5, 5.41) is 0. The molecule has 1 aliphatic heterocycles. The van der Waals surface area contributed by atoms with E-state index in [1.54, 1.807) is 0 Å². The molecule has 1 aliphatic carbocycles. The topological polar surface area (TPSA) is 23.6 Å². The molecule has 2 aromatic rings. The van der Waals surface area contributed by atoms with Crippen LogP contribution in [0.1, 0.15) is 43.2 Å². The third kappa shape index (κ3) is 4.24. The second kappa shape index (κ2) is 8.26. The Hall–Kier alpha value is -2.13. The normalized spacial score (nSPS) is 21.8. The molecule has 0 radical (unpaired) electrons. The number of hydrogen-bond acceptors (Lipinski definition) is 2. The zero-order valence-corrected chi connectivity index (χ0v) is 16.3. The highest BCUT2D eigenvalue weighted by molar-refractivity contribution is 5.84. The maximum Gasteiger partial charge on any atom is 0.230 e. The third-order valence-corrected chi connectivity index (χ3v) is 6.08. The van der Waals surface area contributed by atoms with Gasteiger partial charge in [0.2, 0.25) is 5.91 Å². The molecular weight excluding hydrogens is 332 g/mol. The van der Waals surface area contributed by atoms with Crippen molar-refractivity contribution in [1.82, 2.24) is 9.80 Å². The minimum Gasteiger partial charge on any atom is -0.336 e. The average Bonchev–Trinajstić information content (AvgIpc) is 3.55. The van der Waals surface area contributed by atoms with Gasteiger partial charge >= 0.3 is 0 Å². The summed E-state index contributed by atoms with van der Waals surface area (Å²) in [7, 11) is 0. The highest BCUT2D eigenvalue weighted by Gasteiger charge is 2.38. The Morgan fingerprint density at radius 2 is 1.67 bits per heavy atom. The van der Waals surface area contributed by atoms with Gasteiger partial charge < -0.3 is 4.90 Å². The van der Waals surface area contributed by atoms with Crippen molar-refractivity contribution in [3.63, 3.8) is 0 Å². The largest absolute Gasteiger partial charge is 0.336 e. The van der Waals surface area contributed by atoms with Crippen molar-refractivity contribution in [2.75, 3.05) is 19.6 Å². The number of carbonyl (C=O) groups is 1. The molecule has 1 saturated heterocycles. The summed E-state index contributed by atoms with van der Waals surface area (Å²) in [6.45, 7) is 5.02. The lowest BCUT2D eigenvalue weighted by Gasteiger charge is -2.43. The lowest BCUT2D eigenvalue weighted by Crippen LogP contribution is -2.57. The quantitative estimate of drug-likeness (QED) is 0.772. The van der Waals surface area contributed by atoms with Crippen molar-refractivity contribution in [2.24, 2.45) is 0 Å². The van der Waals surface area contributed by atoms with Gasteiger partial charge in [0.15, 0.2) is 0 Å². The van der Waals surface area contributed by atoms with Crippen LogP contribution in [0.3, 0.4) is 0 Å². The second-order valence-electron chi connectivity index (χ2n) is 7.97. The number of nitrogens with zero attached hydrogens (tertiary/aromatic N) is 2. The molecule has 1 amide bonds. The standard InChI is InChI=1S/C24H30N2O/c1-2-23(20-11-7-4-8-12-20)24(27)26-16-15-25(21-13-14-21)18-22(26)17-19-9-5-3-6-10-19/h3-12,21-23H,2,13-18H2,1H3. The molecule has 0 spiro atoms. The number of amides is 1. The fraction of sp³-hybridized carbons (Fsp3) is 0.458. The molecule has 2 atom stereocenters. The zero-order chi connectivity index (χ0) is 18.6. The van der Waals surface area contributed by atoms with E-state index in [2.05, 4.69) is 59.2 Å². The molecule has 3 heteroatoms. The monoisotopic (exact) mass is 362 g/mol. The first kappa shape index (κ1) is 18.2. The number of hydrogen-bond donors (Lipinski definition) is 0. The van der Waals surface area contributed by atoms with Crippen LogP contribution in [0.25, 0.3) is 0 Å². The minimum absolute atomic E-state index is 0.0306. The Balaban J connectivity index is 1.55. The summed E-state index contributed by atoms with van der Waals surface area (Å²) in [6, 6.07) is 22.0. The minimum atomic E-state index is -0.0306. The maximum atomic E-state index is 13.5. The van der Waals surface area contributed by atoms with Crippen LogP contribution >= 0.6 is 0 Å². The second-order valence-corrected chi connectivity index (χ2v) is 7.97. The molecule has 142 valence electrons. The van der Waals surface area contributed by atoms with Crippen LogP contribution in [-0.2, 0) is 11.2 Å². The van der Waals surface area contributed by atoms with Gasteiger partial charge in [-0.2, -0.15) is 0 Å². The van der Waals surface area contributed by atoms with E-state index in [0.717, 1.165) is 44.1 Å².